The summed E-state index contributed by atoms with van der Waals surface area (Å²) in [6.07, 6.45) is 46.0. The third kappa shape index (κ3) is 22.4. The van der Waals surface area contributed by atoms with E-state index in [9.17, 15) is 0 Å². The quantitative estimate of drug-likeness (QED) is 0.0434. The molecule has 0 saturated carbocycles. The molecule has 0 saturated heterocycles. The molecule has 0 unspecified atom stereocenters. The number of aromatic nitrogens is 3. The van der Waals surface area contributed by atoms with Crippen LogP contribution in [-0.4, -0.2) is 15.0 Å². The summed E-state index contributed by atoms with van der Waals surface area (Å²) >= 11 is 0. The Morgan fingerprint density at radius 2 is 0.618 bits per heavy atom. The maximum Gasteiger partial charge on any atom is 0.232 e. The van der Waals surface area contributed by atoms with Gasteiger partial charge in [0.25, 0.3) is 0 Å². The number of anilines is 4. The van der Waals surface area contributed by atoms with E-state index in [1.54, 1.807) is 11.1 Å². The number of aryl methyl sites for hydroxylation is 4. The summed E-state index contributed by atoms with van der Waals surface area (Å²) in [6.45, 7) is 13.9. The van der Waals surface area contributed by atoms with Crippen molar-refractivity contribution in [3.63, 3.8) is 0 Å². The molecule has 0 aliphatic rings. The van der Waals surface area contributed by atoms with Crippen LogP contribution in [0.5, 0.6) is 0 Å². The van der Waals surface area contributed by atoms with E-state index < -0.39 is 0 Å². The Kier molecular flexibility index (Phi) is 30.3. The molecule has 68 heavy (non-hydrogen) atoms. The first-order chi connectivity index (χ1) is 33.5. The monoisotopic (exact) mass is 927 g/mol. The van der Waals surface area contributed by atoms with E-state index in [0.29, 0.717) is 17.7 Å². The van der Waals surface area contributed by atoms with Gasteiger partial charge in [-0.1, -0.05) is 220 Å². The van der Waals surface area contributed by atoms with Gasteiger partial charge in [-0.25, -0.2) is 0 Å². The molecule has 4 rings (SSSR count). The average Bonchev–Trinajstić information content (AvgIpc) is 3.35. The third-order valence-electron chi connectivity index (χ3n) is 14.3. The van der Waals surface area contributed by atoms with Crippen molar-refractivity contribution >= 4 is 23.3 Å². The lowest BCUT2D eigenvalue weighted by Crippen LogP contribution is -2.09. The fraction of sp³-hybridized carbons (Fsp3) is 0.667. The van der Waals surface area contributed by atoms with E-state index in [4.69, 9.17) is 15.0 Å². The van der Waals surface area contributed by atoms with Gasteiger partial charge >= 0.3 is 0 Å². The van der Waals surface area contributed by atoms with Crippen molar-refractivity contribution in [2.24, 2.45) is 0 Å². The first-order valence-electron chi connectivity index (χ1n) is 29.1. The summed E-state index contributed by atoms with van der Waals surface area (Å²) < 4.78 is 0. The van der Waals surface area contributed by atoms with Gasteiger partial charge in [-0.3, -0.25) is 0 Å². The van der Waals surface area contributed by atoms with Crippen LogP contribution in [0.1, 0.15) is 268 Å². The standard InChI is InChI=1S/C63H100N5/c1-7-13-19-25-32-42-53-48-57(49-54(43-33-26-20-14-8-2)59(53)46-38-29-23-17-11-5)64-62-66-61(52-40-36-31-37-41-52)67-63(68-62)65-58-50-55(44-34-27-21-15-9-3)60(47-39-30-24-18-12-6)56(51-58)45-35-28-22-16-10-4/h36-37,40-41,48-51H,7-30,32-35,38-39,42-47H2,1-6H3,(H2,64,65,66,67,68). The van der Waals surface area contributed by atoms with Crippen LogP contribution in [-0.2, 0) is 38.5 Å². The van der Waals surface area contributed by atoms with E-state index in [2.05, 4.69) is 94.6 Å². The third-order valence-corrected chi connectivity index (χ3v) is 14.3. The minimum atomic E-state index is 0.594. The van der Waals surface area contributed by atoms with Gasteiger partial charge in [0, 0.05) is 16.9 Å². The van der Waals surface area contributed by atoms with Gasteiger partial charge in [0.15, 0.2) is 5.82 Å². The van der Waals surface area contributed by atoms with E-state index in [0.717, 1.165) is 42.6 Å². The molecule has 377 valence electrons. The smallest absolute Gasteiger partial charge is 0.232 e. The van der Waals surface area contributed by atoms with Crippen molar-refractivity contribution in [1.82, 2.24) is 15.0 Å². The molecular weight excluding hydrogens is 827 g/mol. The summed E-state index contributed by atoms with van der Waals surface area (Å²) in [5.41, 5.74) is 12.6. The number of benzene rings is 3. The van der Waals surface area contributed by atoms with Gasteiger partial charge in [-0.05, 0) is 141 Å². The molecule has 5 heteroatoms. The van der Waals surface area contributed by atoms with E-state index in [-0.39, 0.29) is 0 Å². The van der Waals surface area contributed by atoms with Crippen molar-refractivity contribution in [3.8, 4) is 11.4 Å². The van der Waals surface area contributed by atoms with Crippen LogP contribution in [0.25, 0.3) is 11.4 Å². The van der Waals surface area contributed by atoms with Gasteiger partial charge in [0.05, 0.1) is 0 Å². The topological polar surface area (TPSA) is 62.7 Å². The predicted octanol–water partition coefficient (Wildman–Crippen LogP) is 19.9. The maximum atomic E-state index is 5.20. The molecule has 0 fully saturated rings. The van der Waals surface area contributed by atoms with Crippen LogP contribution >= 0.6 is 0 Å². The van der Waals surface area contributed by atoms with Gasteiger partial charge < -0.3 is 10.6 Å². The van der Waals surface area contributed by atoms with Crippen molar-refractivity contribution in [2.45, 2.75) is 273 Å². The number of hydrogen-bond donors (Lipinski definition) is 2. The van der Waals surface area contributed by atoms with Crippen LogP contribution in [0.15, 0.2) is 48.5 Å². The molecule has 0 atom stereocenters. The molecule has 0 bridgehead atoms. The molecule has 1 radical (unpaired) electrons. The number of nitrogens with one attached hydrogen (secondary N) is 2. The average molecular weight is 928 g/mol. The molecule has 0 amide bonds. The van der Waals surface area contributed by atoms with Crippen molar-refractivity contribution in [2.75, 3.05) is 10.6 Å². The zero-order valence-electron chi connectivity index (χ0n) is 44.9. The number of hydrogen-bond acceptors (Lipinski definition) is 5. The largest absolute Gasteiger partial charge is 0.324 e. The predicted molar refractivity (Wildman–Crippen MR) is 298 cm³/mol. The minimum absolute atomic E-state index is 0.594. The Morgan fingerprint density at radius 3 is 0.912 bits per heavy atom. The van der Waals surface area contributed by atoms with Gasteiger partial charge in [0.2, 0.25) is 11.9 Å². The highest BCUT2D eigenvalue weighted by molar-refractivity contribution is 5.66. The Morgan fingerprint density at radius 1 is 0.338 bits per heavy atom. The van der Waals surface area contributed by atoms with Crippen LogP contribution in [0, 0.1) is 6.07 Å². The van der Waals surface area contributed by atoms with Crippen molar-refractivity contribution in [1.29, 1.82) is 0 Å². The second-order valence-electron chi connectivity index (χ2n) is 20.4. The zero-order chi connectivity index (χ0) is 48.3. The first-order valence-corrected chi connectivity index (χ1v) is 29.1. The van der Waals surface area contributed by atoms with Gasteiger partial charge in [-0.2, -0.15) is 15.0 Å². The summed E-state index contributed by atoms with van der Waals surface area (Å²) in [4.78, 5) is 15.5. The van der Waals surface area contributed by atoms with Crippen LogP contribution in [0.3, 0.4) is 0 Å². The Labute approximate surface area is 419 Å². The molecule has 1 heterocycles. The lowest BCUT2D eigenvalue weighted by Gasteiger charge is -2.20. The Balaban J connectivity index is 1.76. The molecule has 3 aromatic carbocycles. The van der Waals surface area contributed by atoms with Gasteiger partial charge in [0.1, 0.15) is 0 Å². The summed E-state index contributed by atoms with van der Waals surface area (Å²) in [5, 5.41) is 7.60. The Bertz CT molecular complexity index is 1700. The van der Waals surface area contributed by atoms with Crippen molar-refractivity contribution in [3.05, 3.63) is 88.0 Å². The molecule has 4 aromatic rings. The minimum Gasteiger partial charge on any atom is -0.324 e. The fourth-order valence-corrected chi connectivity index (χ4v) is 10.2. The fourth-order valence-electron chi connectivity index (χ4n) is 10.2. The SMILES string of the molecule is CCCCCCCc1cc(Nc2nc(Nc3cc(CCCCCCC)c(CCCCCCC)c(CCCCCCC)c3)nc(-c3cc[c]cc3)n2)cc(CCCCCCC)c1CCCCCCC. The molecular formula is C63H100N5. The first kappa shape index (κ1) is 56.9. The second kappa shape index (κ2) is 36.2. The van der Waals surface area contributed by atoms with E-state index in [1.807, 2.05) is 12.1 Å². The molecule has 2 N–H and O–H groups in total. The lowest BCUT2D eigenvalue weighted by molar-refractivity contribution is 0.613. The maximum absolute atomic E-state index is 5.20. The lowest BCUT2D eigenvalue weighted by atomic mass is 9.89. The number of rotatable bonds is 41. The molecule has 5 nitrogen and oxygen atoms in total. The van der Waals surface area contributed by atoms with Crippen LogP contribution in [0.2, 0.25) is 0 Å². The van der Waals surface area contributed by atoms with E-state index in [1.165, 1.54) is 228 Å². The normalized spacial score (nSPS) is 11.4. The highest BCUT2D eigenvalue weighted by Gasteiger charge is 2.17. The van der Waals surface area contributed by atoms with Crippen LogP contribution in [0.4, 0.5) is 23.3 Å². The van der Waals surface area contributed by atoms with Gasteiger partial charge in [-0.15, -0.1) is 0 Å². The molecule has 0 spiro atoms. The zero-order valence-corrected chi connectivity index (χ0v) is 44.9. The molecule has 1 aromatic heterocycles. The molecule has 0 aliphatic carbocycles. The van der Waals surface area contributed by atoms with Crippen LogP contribution < -0.4 is 10.6 Å². The Hall–Kier alpha value is -3.73. The molecule has 0 aliphatic heterocycles. The van der Waals surface area contributed by atoms with E-state index >= 15 is 0 Å². The highest BCUT2D eigenvalue weighted by atomic mass is 15.2. The highest BCUT2D eigenvalue weighted by Crippen LogP contribution is 2.32. The summed E-state index contributed by atoms with van der Waals surface area (Å²) in [5.74, 6) is 1.86. The summed E-state index contributed by atoms with van der Waals surface area (Å²) in [6, 6.07) is 21.1. The number of nitrogens with zero attached hydrogens (tertiary/aromatic N) is 3. The van der Waals surface area contributed by atoms with Crippen molar-refractivity contribution < 1.29 is 0 Å². The number of unbranched alkanes of at least 4 members (excludes halogenated alkanes) is 24. The summed E-state index contributed by atoms with van der Waals surface area (Å²) in [7, 11) is 0. The second-order valence-corrected chi connectivity index (χ2v) is 20.4.